The van der Waals surface area contributed by atoms with Crippen molar-refractivity contribution in [2.24, 2.45) is 0 Å². The number of carbonyl (C=O) groups is 3. The molecule has 0 saturated carbocycles. The number of hydrogen-bond donors (Lipinski definition) is 0. The summed E-state index contributed by atoms with van der Waals surface area (Å²) in [4.78, 5) is 57.6. The summed E-state index contributed by atoms with van der Waals surface area (Å²) in [5.41, 5.74) is -7.03. The molecule has 0 aliphatic carbocycles. The van der Waals surface area contributed by atoms with Crippen LogP contribution >= 0.6 is 80.7 Å². The summed E-state index contributed by atoms with van der Waals surface area (Å²) < 4.78 is 94.1. The molecule has 2 aliphatic heterocycles. The second-order valence-corrected chi connectivity index (χ2v) is 28.6. The van der Waals surface area contributed by atoms with Crippen molar-refractivity contribution < 1.29 is 50.2 Å². The zero-order valence-corrected chi connectivity index (χ0v) is 50.0. The lowest BCUT2D eigenvalue weighted by molar-refractivity contribution is -0.142. The van der Waals surface area contributed by atoms with Crippen LogP contribution in [0, 0.1) is 6.92 Å². The summed E-state index contributed by atoms with van der Waals surface area (Å²) in [5.74, 6) is -0.443. The van der Waals surface area contributed by atoms with E-state index in [2.05, 4.69) is 4.98 Å². The van der Waals surface area contributed by atoms with Gasteiger partial charge in [0.05, 0.1) is 35.2 Å². The minimum atomic E-state index is -4.54. The van der Waals surface area contributed by atoms with Crippen LogP contribution in [0.2, 0.25) is 8.67 Å². The molecule has 5 heterocycles. The predicted octanol–water partition coefficient (Wildman–Crippen LogP) is 16.8. The Hall–Kier alpha value is -3.60. The Balaban J connectivity index is 0.939. The number of aromatic nitrogens is 3. The van der Waals surface area contributed by atoms with E-state index >= 15 is 0 Å². The van der Waals surface area contributed by atoms with Crippen molar-refractivity contribution in [3.05, 3.63) is 81.8 Å². The van der Waals surface area contributed by atoms with Crippen LogP contribution in [0.1, 0.15) is 149 Å². The van der Waals surface area contributed by atoms with E-state index < -0.39 is 33.5 Å². The lowest BCUT2D eigenvalue weighted by Crippen LogP contribution is -2.42. The van der Waals surface area contributed by atoms with Crippen LogP contribution in [0.25, 0.3) is 22.5 Å². The average molecular weight is 1210 g/mol. The van der Waals surface area contributed by atoms with E-state index in [1.165, 1.54) is 46.1 Å². The molecule has 2 saturated heterocycles. The molecular weight excluding hydrogens is 1140 g/mol. The molecule has 2 fully saturated rings. The zero-order valence-electron chi connectivity index (χ0n) is 44.4. The summed E-state index contributed by atoms with van der Waals surface area (Å²) >= 11 is 17.2. The highest BCUT2D eigenvalue weighted by Crippen LogP contribution is 2.47. The van der Waals surface area contributed by atoms with E-state index in [1.54, 1.807) is 28.9 Å². The Labute approximate surface area is 476 Å². The number of likely N-dealkylation sites (tertiary alicyclic amines) is 2. The third kappa shape index (κ3) is 16.7. The first kappa shape index (κ1) is 61.0. The summed E-state index contributed by atoms with van der Waals surface area (Å²) in [5, 5.41) is 2.16. The molecule has 0 radical (unpaired) electrons. The number of halogens is 8. The number of piperidine rings is 2. The van der Waals surface area contributed by atoms with Crippen molar-refractivity contribution in [1.29, 1.82) is 0 Å². The molecule has 0 bridgehead atoms. The smallest absolute Gasteiger partial charge is 0.446 e. The molecular formula is C54H63Cl2F6N5O5S5. The number of ether oxygens (including phenoxy) is 2. The van der Waals surface area contributed by atoms with Crippen molar-refractivity contribution in [1.82, 2.24) is 24.8 Å². The Morgan fingerprint density at radius 3 is 1.66 bits per heavy atom. The molecule has 2 amide bonds. The molecule has 420 valence electrons. The van der Waals surface area contributed by atoms with Crippen LogP contribution in [0.3, 0.4) is 0 Å². The third-order valence-electron chi connectivity index (χ3n) is 13.8. The summed E-state index contributed by atoms with van der Waals surface area (Å²) in [6.07, 6.45) is 3.80. The Bertz CT molecular complexity index is 2920. The Morgan fingerprint density at radius 1 is 0.675 bits per heavy atom. The first-order valence-electron chi connectivity index (χ1n) is 25.4. The molecule has 0 unspecified atom stereocenters. The van der Waals surface area contributed by atoms with E-state index in [0.29, 0.717) is 119 Å². The highest BCUT2D eigenvalue weighted by Gasteiger charge is 2.36. The highest BCUT2D eigenvalue weighted by molar-refractivity contribution is 8.00. The van der Waals surface area contributed by atoms with Gasteiger partial charge in [-0.15, -0.1) is 34.0 Å². The average Bonchev–Trinajstić information content (AvgIpc) is 4.04. The molecule has 0 N–H and O–H groups in total. The van der Waals surface area contributed by atoms with Crippen molar-refractivity contribution >= 4 is 98.7 Å². The highest BCUT2D eigenvalue weighted by atomic mass is 35.5. The van der Waals surface area contributed by atoms with Gasteiger partial charge >= 0.3 is 23.1 Å². The molecule has 10 nitrogen and oxygen atoms in total. The van der Waals surface area contributed by atoms with Gasteiger partial charge in [0.15, 0.2) is 0 Å². The van der Waals surface area contributed by atoms with Crippen LogP contribution in [0.15, 0.2) is 46.2 Å². The molecule has 0 spiro atoms. The number of thioether (sulfide) groups is 2. The standard InChI is InChI=1S/C54H63Cl2F6N5O5S5/c1-10-71-42(69)28-39-30(2)73-40(63-39)29-41(68)66-18-12-31(13-19-66)47-65-44(46(56)75-47)34-23-36(27-38(25-34)77-54(60,61)62)51(6,7)16-11-17-52(8,9)72-49(70)67-20-14-32(15-21-67)48-64-43(45(55)74-48)33-22-35(50(3,4)5)26-37(24-33)76-53(57,58)59/h22-27,31-32H,10-21,28-29H2,1-9H3. The van der Waals surface area contributed by atoms with Gasteiger partial charge in [-0.2, -0.15) is 26.3 Å². The molecule has 23 heteroatoms. The number of rotatable bonds is 17. The van der Waals surface area contributed by atoms with Gasteiger partial charge in [-0.1, -0.05) is 57.8 Å². The van der Waals surface area contributed by atoms with Gasteiger partial charge in [0.1, 0.15) is 30.7 Å². The lowest BCUT2D eigenvalue weighted by Gasteiger charge is -2.34. The maximum atomic E-state index is 14.0. The fraction of sp³-hybridized carbons (Fsp3) is 0.556. The predicted molar refractivity (Wildman–Crippen MR) is 298 cm³/mol. The van der Waals surface area contributed by atoms with Gasteiger partial charge in [-0.3, -0.25) is 9.59 Å². The van der Waals surface area contributed by atoms with Crippen molar-refractivity contribution in [2.75, 3.05) is 32.8 Å². The maximum absolute atomic E-state index is 14.0. The molecule has 0 atom stereocenters. The van der Waals surface area contributed by atoms with Gasteiger partial charge < -0.3 is 19.3 Å². The summed E-state index contributed by atoms with van der Waals surface area (Å²) in [6, 6.07) is 9.77. The molecule has 2 aromatic carbocycles. The zero-order chi connectivity index (χ0) is 56.4. The van der Waals surface area contributed by atoms with E-state index in [4.69, 9.17) is 42.6 Å². The van der Waals surface area contributed by atoms with Gasteiger partial charge in [-0.05, 0) is 155 Å². The number of nitrogens with zero attached hydrogens (tertiary/aromatic N) is 5. The second-order valence-electron chi connectivity index (χ2n) is 21.7. The van der Waals surface area contributed by atoms with Crippen LogP contribution in [0.4, 0.5) is 31.1 Å². The normalized spacial score (nSPS) is 15.6. The minimum absolute atomic E-state index is 0.00352. The van der Waals surface area contributed by atoms with Crippen molar-refractivity contribution in [2.45, 2.75) is 169 Å². The van der Waals surface area contributed by atoms with Crippen LogP contribution in [-0.2, 0) is 42.7 Å². The monoisotopic (exact) mass is 1210 g/mol. The maximum Gasteiger partial charge on any atom is 0.446 e. The number of hydrogen-bond acceptors (Lipinski definition) is 13. The Kier molecular flexibility index (Phi) is 19.5. The number of thiazole rings is 3. The van der Waals surface area contributed by atoms with Crippen LogP contribution < -0.4 is 0 Å². The molecule has 2 aliphatic rings. The number of alkyl halides is 6. The first-order valence-corrected chi connectivity index (χ1v) is 30.2. The largest absolute Gasteiger partial charge is 0.466 e. The van der Waals surface area contributed by atoms with Gasteiger partial charge in [0.25, 0.3) is 0 Å². The van der Waals surface area contributed by atoms with Crippen LogP contribution in [0.5, 0.6) is 0 Å². The molecule has 7 rings (SSSR count). The van der Waals surface area contributed by atoms with E-state index in [9.17, 15) is 40.7 Å². The van der Waals surface area contributed by atoms with E-state index in [0.717, 1.165) is 20.5 Å². The topological polar surface area (TPSA) is 115 Å². The van der Waals surface area contributed by atoms with Crippen LogP contribution in [-0.4, -0.2) is 92.1 Å². The van der Waals surface area contributed by atoms with Gasteiger partial charge in [0, 0.05) is 63.8 Å². The number of esters is 1. The third-order valence-corrected chi connectivity index (χ3v) is 19.0. The van der Waals surface area contributed by atoms with Crippen molar-refractivity contribution in [3.63, 3.8) is 0 Å². The SMILES string of the molecule is CCOC(=O)Cc1nc(CC(=O)N2CCC(c3nc(-c4cc(SC(F)(F)F)cc(C(C)(C)CCCC(C)(C)OC(=O)N5CCC(c6nc(-c7cc(SC(F)(F)F)cc(C(C)(C)C)c7)c(Cl)s6)CC5)c4)c(Cl)s3)CC2)sc1C. The fourth-order valence-electron chi connectivity index (χ4n) is 9.47. The molecule has 5 aromatic rings. The van der Waals surface area contributed by atoms with E-state index in [1.807, 2.05) is 67.5 Å². The first-order chi connectivity index (χ1) is 35.8. The quantitative estimate of drug-likeness (QED) is 0.0506. The minimum Gasteiger partial charge on any atom is -0.466 e. The van der Waals surface area contributed by atoms with E-state index in [-0.39, 0.29) is 76.5 Å². The lowest BCUT2D eigenvalue weighted by atomic mass is 9.78. The van der Waals surface area contributed by atoms with Gasteiger partial charge in [-0.25, -0.2) is 19.7 Å². The molecule has 77 heavy (non-hydrogen) atoms. The number of aryl methyl sites for hydroxylation is 1. The van der Waals surface area contributed by atoms with Gasteiger partial charge in [0.2, 0.25) is 5.91 Å². The Morgan fingerprint density at radius 2 is 1.17 bits per heavy atom. The molecule has 3 aromatic heterocycles. The fourth-order valence-corrected chi connectivity index (χ4v) is 14.4. The number of benzene rings is 2. The second kappa shape index (κ2) is 24.6. The number of amides is 2. The summed E-state index contributed by atoms with van der Waals surface area (Å²) in [6.45, 7) is 19.1. The number of carbonyl (C=O) groups excluding carboxylic acids is 3. The summed E-state index contributed by atoms with van der Waals surface area (Å²) in [7, 11) is 0. The van der Waals surface area contributed by atoms with Crippen molar-refractivity contribution in [3.8, 4) is 22.5 Å².